The summed E-state index contributed by atoms with van der Waals surface area (Å²) in [6, 6.07) is 19.1. The van der Waals surface area contributed by atoms with Crippen LogP contribution < -0.4 is 4.74 Å². The Morgan fingerprint density at radius 2 is 1.64 bits per heavy atom. The highest BCUT2D eigenvalue weighted by atomic mass is 16.5. The third-order valence-corrected chi connectivity index (χ3v) is 3.38. The van der Waals surface area contributed by atoms with E-state index in [2.05, 4.69) is 10.2 Å². The van der Waals surface area contributed by atoms with Crippen LogP contribution in [-0.4, -0.2) is 22.6 Å². The van der Waals surface area contributed by atoms with Gasteiger partial charge in [0.2, 0.25) is 11.7 Å². The molecular weight excluding hydrogens is 320 g/mol. The largest absolute Gasteiger partial charge is 0.493 e. The maximum atomic E-state index is 12.0. The standard InChI is InChI=1S/C19H18N2O4/c22-17(11-12-24-16-9-5-2-6-10-16)19-21-20-18(25-19)14-23-13-15-7-3-1-4-8-15/h1-10H,11-14H2. The number of hydrogen-bond donors (Lipinski definition) is 0. The highest BCUT2D eigenvalue weighted by Gasteiger charge is 2.15. The van der Waals surface area contributed by atoms with Crippen LogP contribution in [0.2, 0.25) is 0 Å². The van der Waals surface area contributed by atoms with Gasteiger partial charge in [-0.05, 0) is 17.7 Å². The lowest BCUT2D eigenvalue weighted by atomic mass is 10.2. The number of para-hydroxylation sites is 1. The first-order valence-corrected chi connectivity index (χ1v) is 7.96. The molecule has 0 saturated heterocycles. The van der Waals surface area contributed by atoms with Crippen molar-refractivity contribution in [3.63, 3.8) is 0 Å². The molecular formula is C19H18N2O4. The molecule has 2 aromatic carbocycles. The van der Waals surface area contributed by atoms with Crippen LogP contribution in [0.1, 0.15) is 28.6 Å². The molecule has 0 atom stereocenters. The van der Waals surface area contributed by atoms with Crippen molar-refractivity contribution in [2.45, 2.75) is 19.6 Å². The fourth-order valence-corrected chi connectivity index (χ4v) is 2.14. The van der Waals surface area contributed by atoms with Gasteiger partial charge in [-0.2, -0.15) is 0 Å². The van der Waals surface area contributed by atoms with E-state index in [1.807, 2.05) is 60.7 Å². The first kappa shape index (κ1) is 16.9. The Kier molecular flexibility index (Phi) is 5.90. The van der Waals surface area contributed by atoms with Gasteiger partial charge in [-0.25, -0.2) is 0 Å². The van der Waals surface area contributed by atoms with E-state index in [0.29, 0.717) is 6.61 Å². The number of hydrogen-bond acceptors (Lipinski definition) is 6. The number of aromatic nitrogens is 2. The molecule has 0 radical (unpaired) electrons. The Hall–Kier alpha value is -2.99. The molecule has 0 saturated carbocycles. The van der Waals surface area contributed by atoms with Crippen molar-refractivity contribution in [1.82, 2.24) is 10.2 Å². The number of ether oxygens (including phenoxy) is 2. The van der Waals surface area contributed by atoms with Gasteiger partial charge in [0.15, 0.2) is 0 Å². The van der Waals surface area contributed by atoms with Crippen molar-refractivity contribution >= 4 is 5.78 Å². The van der Waals surface area contributed by atoms with Crippen LogP contribution in [0.15, 0.2) is 65.1 Å². The van der Waals surface area contributed by atoms with E-state index in [1.54, 1.807) is 0 Å². The van der Waals surface area contributed by atoms with Gasteiger partial charge in [0, 0.05) is 0 Å². The fraction of sp³-hybridized carbons (Fsp3) is 0.211. The molecule has 0 unspecified atom stereocenters. The van der Waals surface area contributed by atoms with Crippen LogP contribution in [-0.2, 0) is 18.0 Å². The van der Waals surface area contributed by atoms with Gasteiger partial charge in [-0.1, -0.05) is 48.5 Å². The Balaban J connectivity index is 1.42. The number of nitrogens with zero attached hydrogens (tertiary/aromatic N) is 2. The molecule has 0 aliphatic heterocycles. The number of Topliss-reactive ketones (excluding diaryl/α,β-unsaturated/α-hetero) is 1. The summed E-state index contributed by atoms with van der Waals surface area (Å²) in [7, 11) is 0. The SMILES string of the molecule is O=C(CCOc1ccccc1)c1nnc(COCc2ccccc2)o1. The van der Waals surface area contributed by atoms with Gasteiger partial charge in [-0.15, -0.1) is 10.2 Å². The summed E-state index contributed by atoms with van der Waals surface area (Å²) >= 11 is 0. The van der Waals surface area contributed by atoms with Crippen LogP contribution in [0.4, 0.5) is 0 Å². The summed E-state index contributed by atoms with van der Waals surface area (Å²) in [6.45, 7) is 0.859. The van der Waals surface area contributed by atoms with E-state index in [4.69, 9.17) is 13.9 Å². The topological polar surface area (TPSA) is 74.5 Å². The highest BCUT2D eigenvalue weighted by molar-refractivity contribution is 5.91. The average molecular weight is 338 g/mol. The molecule has 0 amide bonds. The summed E-state index contributed by atoms with van der Waals surface area (Å²) in [5, 5.41) is 7.60. The number of rotatable bonds is 9. The van der Waals surface area contributed by atoms with Gasteiger partial charge < -0.3 is 13.9 Å². The summed E-state index contributed by atoms with van der Waals surface area (Å²) in [6.07, 6.45) is 0.168. The molecule has 1 aromatic heterocycles. The minimum atomic E-state index is -0.252. The first-order chi connectivity index (χ1) is 12.3. The Labute approximate surface area is 145 Å². The van der Waals surface area contributed by atoms with E-state index in [1.165, 1.54) is 0 Å². The van der Waals surface area contributed by atoms with Crippen molar-refractivity contribution < 1.29 is 18.7 Å². The van der Waals surface area contributed by atoms with Crippen molar-refractivity contribution in [2.75, 3.05) is 6.61 Å². The summed E-state index contributed by atoms with van der Waals surface area (Å²) in [5.74, 6) is 0.729. The zero-order valence-corrected chi connectivity index (χ0v) is 13.6. The lowest BCUT2D eigenvalue weighted by molar-refractivity contribution is 0.0841. The van der Waals surface area contributed by atoms with Crippen LogP contribution in [0.25, 0.3) is 0 Å². The molecule has 6 heteroatoms. The zero-order chi connectivity index (χ0) is 17.3. The van der Waals surface area contributed by atoms with Crippen LogP contribution >= 0.6 is 0 Å². The molecule has 3 rings (SSSR count). The number of carbonyl (C=O) groups excluding carboxylic acids is 1. The smallest absolute Gasteiger partial charge is 0.284 e. The molecule has 1 heterocycles. The van der Waals surface area contributed by atoms with Gasteiger partial charge in [0.1, 0.15) is 12.4 Å². The van der Waals surface area contributed by atoms with Gasteiger partial charge in [0.05, 0.1) is 19.6 Å². The van der Waals surface area contributed by atoms with Crippen molar-refractivity contribution in [3.8, 4) is 5.75 Å². The predicted octanol–water partition coefficient (Wildman–Crippen LogP) is 3.44. The molecule has 0 spiro atoms. The van der Waals surface area contributed by atoms with Crippen molar-refractivity contribution in [1.29, 1.82) is 0 Å². The first-order valence-electron chi connectivity index (χ1n) is 7.96. The molecule has 0 N–H and O–H groups in total. The third kappa shape index (κ3) is 5.26. The second-order valence-electron chi connectivity index (χ2n) is 5.31. The minimum absolute atomic E-state index is 0.0185. The zero-order valence-electron chi connectivity index (χ0n) is 13.6. The molecule has 0 fully saturated rings. The summed E-state index contributed by atoms with van der Waals surface area (Å²) < 4.78 is 16.3. The van der Waals surface area contributed by atoms with E-state index in [-0.39, 0.29) is 37.2 Å². The second kappa shape index (κ2) is 8.75. The van der Waals surface area contributed by atoms with E-state index < -0.39 is 0 Å². The highest BCUT2D eigenvalue weighted by Crippen LogP contribution is 2.10. The molecule has 0 aliphatic rings. The van der Waals surface area contributed by atoms with Crippen molar-refractivity contribution in [3.05, 3.63) is 78.0 Å². The predicted molar refractivity (Wildman–Crippen MR) is 90.1 cm³/mol. The molecule has 6 nitrogen and oxygen atoms in total. The van der Waals surface area contributed by atoms with Gasteiger partial charge in [-0.3, -0.25) is 4.79 Å². The van der Waals surface area contributed by atoms with E-state index in [0.717, 1.165) is 11.3 Å². The molecule has 0 aliphatic carbocycles. The molecule has 25 heavy (non-hydrogen) atoms. The molecule has 3 aromatic rings. The van der Waals surface area contributed by atoms with E-state index >= 15 is 0 Å². The van der Waals surface area contributed by atoms with Gasteiger partial charge >= 0.3 is 0 Å². The Bertz CT molecular complexity index is 787. The summed E-state index contributed by atoms with van der Waals surface area (Å²) in [4.78, 5) is 12.0. The molecule has 128 valence electrons. The normalized spacial score (nSPS) is 10.6. The number of ketones is 1. The quantitative estimate of drug-likeness (QED) is 0.556. The second-order valence-corrected chi connectivity index (χ2v) is 5.31. The lowest BCUT2D eigenvalue weighted by Crippen LogP contribution is -2.07. The van der Waals surface area contributed by atoms with Crippen LogP contribution in [0.3, 0.4) is 0 Å². The average Bonchev–Trinajstić information content (AvgIpc) is 3.12. The number of benzene rings is 2. The van der Waals surface area contributed by atoms with Crippen LogP contribution in [0, 0.1) is 0 Å². The Morgan fingerprint density at radius 3 is 2.40 bits per heavy atom. The number of carbonyl (C=O) groups is 1. The Morgan fingerprint density at radius 1 is 0.920 bits per heavy atom. The van der Waals surface area contributed by atoms with E-state index in [9.17, 15) is 4.79 Å². The maximum Gasteiger partial charge on any atom is 0.284 e. The minimum Gasteiger partial charge on any atom is -0.493 e. The van der Waals surface area contributed by atoms with Crippen molar-refractivity contribution in [2.24, 2.45) is 0 Å². The summed E-state index contributed by atoms with van der Waals surface area (Å²) in [5.41, 5.74) is 1.05. The fourth-order valence-electron chi connectivity index (χ4n) is 2.14. The maximum absolute atomic E-state index is 12.0. The van der Waals surface area contributed by atoms with Crippen LogP contribution in [0.5, 0.6) is 5.75 Å². The monoisotopic (exact) mass is 338 g/mol. The lowest BCUT2D eigenvalue weighted by Gasteiger charge is -2.03. The third-order valence-electron chi connectivity index (χ3n) is 3.38. The van der Waals surface area contributed by atoms with Gasteiger partial charge in [0.25, 0.3) is 5.89 Å². The molecule has 0 bridgehead atoms.